The van der Waals surface area contributed by atoms with Crippen LogP contribution in [0.3, 0.4) is 0 Å². The minimum atomic E-state index is -0.526. The van der Waals surface area contributed by atoms with Gasteiger partial charge in [0.25, 0.3) is 0 Å². The van der Waals surface area contributed by atoms with Crippen molar-refractivity contribution in [3.8, 4) is 0 Å². The minimum absolute atomic E-state index is 0.195. The van der Waals surface area contributed by atoms with E-state index in [4.69, 9.17) is 4.74 Å². The van der Waals surface area contributed by atoms with E-state index in [0.717, 1.165) is 25.9 Å². The highest BCUT2D eigenvalue weighted by Gasteiger charge is 2.29. The molecule has 1 fully saturated rings. The molecule has 1 heterocycles. The summed E-state index contributed by atoms with van der Waals surface area (Å²) < 4.78 is 4.74. The molecule has 5 heteroatoms. The lowest BCUT2D eigenvalue weighted by atomic mass is 9.97. The Labute approximate surface area is 113 Å². The molecule has 1 aliphatic heterocycles. The average molecular weight is 273 g/mol. The maximum atomic E-state index is 11.9. The van der Waals surface area contributed by atoms with E-state index in [1.807, 2.05) is 18.7 Å². The van der Waals surface area contributed by atoms with Crippen LogP contribution in [0.1, 0.15) is 33.1 Å². The maximum Gasteiger partial charge on any atom is 0.312 e. The summed E-state index contributed by atoms with van der Waals surface area (Å²) in [5, 5.41) is 0. The summed E-state index contributed by atoms with van der Waals surface area (Å²) in [6.07, 6.45) is 3.46. The van der Waals surface area contributed by atoms with Crippen LogP contribution in [0.25, 0.3) is 0 Å². The fraction of sp³-hybridized carbons (Fsp3) is 0.846. The van der Waals surface area contributed by atoms with Crippen molar-refractivity contribution in [1.82, 2.24) is 4.90 Å². The number of carbonyl (C=O) groups excluding carboxylic acids is 2. The molecule has 1 aliphatic rings. The van der Waals surface area contributed by atoms with Crippen LogP contribution in [0.15, 0.2) is 0 Å². The minimum Gasteiger partial charge on any atom is -0.469 e. The molecule has 0 saturated carbocycles. The van der Waals surface area contributed by atoms with Crippen molar-refractivity contribution in [3.63, 3.8) is 0 Å². The first-order valence-electron chi connectivity index (χ1n) is 6.41. The molecule has 0 radical (unpaired) electrons. The second-order valence-electron chi connectivity index (χ2n) is 5.31. The molecule has 1 saturated heterocycles. The smallest absolute Gasteiger partial charge is 0.312 e. The number of nitrogens with zero attached hydrogens (tertiary/aromatic N) is 1. The van der Waals surface area contributed by atoms with Gasteiger partial charge in [0.15, 0.2) is 0 Å². The molecule has 0 N–H and O–H groups in total. The number of likely N-dealkylation sites (tertiary alicyclic amines) is 1. The molecule has 0 atom stereocenters. The van der Waals surface area contributed by atoms with E-state index in [1.165, 1.54) is 25.3 Å². The Hall–Kier alpha value is -0.710. The van der Waals surface area contributed by atoms with Crippen molar-refractivity contribution in [2.24, 2.45) is 5.41 Å². The number of amides is 1. The Morgan fingerprint density at radius 3 is 2.39 bits per heavy atom. The Bertz CT molecular complexity index is 299. The van der Waals surface area contributed by atoms with Gasteiger partial charge in [-0.05, 0) is 33.1 Å². The molecular weight excluding hydrogens is 250 g/mol. The molecule has 0 aliphatic carbocycles. The van der Waals surface area contributed by atoms with Crippen molar-refractivity contribution in [1.29, 1.82) is 0 Å². The van der Waals surface area contributed by atoms with Gasteiger partial charge in [0, 0.05) is 18.8 Å². The Kier molecular flexibility index (Phi) is 5.99. The number of hydrogen-bond donors (Lipinski definition) is 0. The molecule has 4 nitrogen and oxygen atoms in total. The van der Waals surface area contributed by atoms with Gasteiger partial charge in [0.1, 0.15) is 0 Å². The first-order chi connectivity index (χ1) is 8.47. The van der Waals surface area contributed by atoms with Crippen molar-refractivity contribution >= 4 is 23.6 Å². The van der Waals surface area contributed by atoms with Gasteiger partial charge in [-0.25, -0.2) is 0 Å². The molecule has 1 rings (SSSR count). The molecular formula is C13H23NO3S. The summed E-state index contributed by atoms with van der Waals surface area (Å²) in [5.41, 5.74) is -0.526. The number of piperidine rings is 1. The van der Waals surface area contributed by atoms with Gasteiger partial charge in [0.2, 0.25) is 5.91 Å². The van der Waals surface area contributed by atoms with E-state index in [1.54, 1.807) is 0 Å². The van der Waals surface area contributed by atoms with Gasteiger partial charge >= 0.3 is 5.97 Å². The predicted molar refractivity (Wildman–Crippen MR) is 73.6 cm³/mol. The van der Waals surface area contributed by atoms with Crippen LogP contribution in [-0.4, -0.2) is 48.5 Å². The summed E-state index contributed by atoms with van der Waals surface area (Å²) in [6.45, 7) is 5.47. The van der Waals surface area contributed by atoms with Crippen molar-refractivity contribution < 1.29 is 14.3 Å². The fourth-order valence-corrected chi connectivity index (χ4v) is 3.05. The molecule has 0 aromatic carbocycles. The highest BCUT2D eigenvalue weighted by molar-refractivity contribution is 8.00. The summed E-state index contributed by atoms with van der Waals surface area (Å²) in [6, 6.07) is 0. The first-order valence-corrected chi connectivity index (χ1v) is 7.57. The molecule has 0 aromatic rings. The van der Waals surface area contributed by atoms with E-state index in [2.05, 4.69) is 0 Å². The number of methoxy groups -OCH3 is 1. The third-order valence-corrected chi connectivity index (χ3v) is 4.51. The predicted octanol–water partition coefficient (Wildman–Crippen LogP) is 1.93. The molecule has 104 valence electrons. The topological polar surface area (TPSA) is 46.6 Å². The van der Waals surface area contributed by atoms with Gasteiger partial charge in [-0.1, -0.05) is 0 Å². The van der Waals surface area contributed by atoms with Crippen LogP contribution in [0.5, 0.6) is 0 Å². The maximum absolute atomic E-state index is 11.9. The summed E-state index contributed by atoms with van der Waals surface area (Å²) in [5.74, 6) is 1.04. The quantitative estimate of drug-likeness (QED) is 0.718. The van der Waals surface area contributed by atoms with Crippen LogP contribution in [0.2, 0.25) is 0 Å². The third-order valence-electron chi connectivity index (χ3n) is 3.14. The largest absolute Gasteiger partial charge is 0.469 e. The van der Waals surface area contributed by atoms with Gasteiger partial charge in [-0.3, -0.25) is 9.59 Å². The van der Waals surface area contributed by atoms with Crippen molar-refractivity contribution in [2.75, 3.05) is 31.7 Å². The van der Waals surface area contributed by atoms with Crippen LogP contribution in [0, 0.1) is 5.41 Å². The van der Waals surface area contributed by atoms with E-state index < -0.39 is 5.41 Å². The Balaban J connectivity index is 2.28. The number of carbonyl (C=O) groups is 2. The zero-order valence-corrected chi connectivity index (χ0v) is 12.3. The first kappa shape index (κ1) is 15.3. The second-order valence-corrected chi connectivity index (χ2v) is 6.30. The van der Waals surface area contributed by atoms with E-state index >= 15 is 0 Å². The highest BCUT2D eigenvalue weighted by Crippen LogP contribution is 2.23. The number of hydrogen-bond acceptors (Lipinski definition) is 4. The third kappa shape index (κ3) is 4.52. The van der Waals surface area contributed by atoms with E-state index in [9.17, 15) is 9.59 Å². The lowest BCUT2D eigenvalue weighted by Gasteiger charge is -2.27. The van der Waals surface area contributed by atoms with Crippen LogP contribution < -0.4 is 0 Å². The second kappa shape index (κ2) is 7.02. The molecule has 0 spiro atoms. The van der Waals surface area contributed by atoms with Gasteiger partial charge in [0.05, 0.1) is 18.3 Å². The standard InChI is InChI=1S/C13H23NO3S/c1-13(2,12(16)17-3)10-18-9-11(15)14-7-5-4-6-8-14/h4-10H2,1-3H3. The summed E-state index contributed by atoms with van der Waals surface area (Å²) >= 11 is 1.51. The number of thioether (sulfide) groups is 1. The van der Waals surface area contributed by atoms with Crippen molar-refractivity contribution in [3.05, 3.63) is 0 Å². The number of ether oxygens (including phenoxy) is 1. The van der Waals surface area contributed by atoms with E-state index in [-0.39, 0.29) is 11.9 Å². The molecule has 0 unspecified atom stereocenters. The molecule has 1 amide bonds. The fourth-order valence-electron chi connectivity index (χ4n) is 1.96. The Morgan fingerprint density at radius 2 is 1.83 bits per heavy atom. The van der Waals surface area contributed by atoms with Gasteiger partial charge in [-0.15, -0.1) is 0 Å². The van der Waals surface area contributed by atoms with E-state index in [0.29, 0.717) is 11.5 Å². The van der Waals surface area contributed by atoms with Gasteiger partial charge in [-0.2, -0.15) is 11.8 Å². The lowest BCUT2D eigenvalue weighted by Crippen LogP contribution is -2.37. The van der Waals surface area contributed by atoms with Crippen LogP contribution in [-0.2, 0) is 14.3 Å². The normalized spacial score (nSPS) is 16.5. The van der Waals surface area contributed by atoms with Crippen LogP contribution >= 0.6 is 11.8 Å². The average Bonchev–Trinajstić information content (AvgIpc) is 2.38. The number of esters is 1. The highest BCUT2D eigenvalue weighted by atomic mass is 32.2. The summed E-state index contributed by atoms with van der Waals surface area (Å²) in [7, 11) is 1.40. The summed E-state index contributed by atoms with van der Waals surface area (Å²) in [4.78, 5) is 25.3. The van der Waals surface area contributed by atoms with Gasteiger partial charge < -0.3 is 9.64 Å². The zero-order valence-electron chi connectivity index (χ0n) is 11.5. The molecule has 0 aromatic heterocycles. The monoisotopic (exact) mass is 273 g/mol. The SMILES string of the molecule is COC(=O)C(C)(C)CSCC(=O)N1CCCCC1. The van der Waals surface area contributed by atoms with Crippen LogP contribution in [0.4, 0.5) is 0 Å². The molecule has 18 heavy (non-hydrogen) atoms. The molecule has 0 bridgehead atoms. The zero-order chi connectivity index (χ0) is 13.6. The number of rotatable bonds is 5. The van der Waals surface area contributed by atoms with Crippen molar-refractivity contribution in [2.45, 2.75) is 33.1 Å². The lowest BCUT2D eigenvalue weighted by molar-refractivity contribution is -0.149. The Morgan fingerprint density at radius 1 is 1.22 bits per heavy atom.